The van der Waals surface area contributed by atoms with Crippen molar-refractivity contribution in [2.24, 2.45) is 10.4 Å². The number of aliphatic imine (C=N–C) groups is 1. The average molecular weight is 593 g/mol. The van der Waals surface area contributed by atoms with Crippen LogP contribution in [0.4, 0.5) is 23.2 Å². The highest BCUT2D eigenvalue weighted by atomic mass is 19.4. The molecule has 228 valence electrons. The third-order valence-electron chi connectivity index (χ3n) is 6.66. The van der Waals surface area contributed by atoms with E-state index >= 15 is 0 Å². The van der Waals surface area contributed by atoms with Gasteiger partial charge in [-0.05, 0) is 54.8 Å². The third kappa shape index (κ3) is 9.08. The van der Waals surface area contributed by atoms with Gasteiger partial charge in [0.05, 0.1) is 6.61 Å². The minimum absolute atomic E-state index is 0.0704. The normalized spacial score (nSPS) is 20.4. The summed E-state index contributed by atoms with van der Waals surface area (Å²) in [5.41, 5.74) is 1.16. The summed E-state index contributed by atoms with van der Waals surface area (Å²) in [6.07, 6.45) is -2.90. The minimum Gasteiger partial charge on any atom is -0.493 e. The van der Waals surface area contributed by atoms with E-state index in [4.69, 9.17) is 9.47 Å². The molecule has 5 aliphatic heterocycles. The van der Waals surface area contributed by atoms with Crippen molar-refractivity contribution in [3.05, 3.63) is 71.3 Å². The molecule has 0 spiro atoms. The van der Waals surface area contributed by atoms with E-state index in [1.807, 2.05) is 13.8 Å². The number of carbonyl (C=O) groups is 1. The predicted octanol–water partition coefficient (Wildman–Crippen LogP) is 4.20. The Morgan fingerprint density at radius 3 is 2.62 bits per heavy atom. The number of alkyl halides is 3. The second-order valence-electron chi connectivity index (χ2n) is 11.0. The van der Waals surface area contributed by atoms with Crippen LogP contribution >= 0.6 is 0 Å². The molecule has 0 saturated heterocycles. The SMILES string of the molecule is CN1C(OCC(F)(F)F)=NC2=CC1NCc1ccc(cc1F)OCCCNCC(C)(C)CNC(=O)c1ccc(cc1)N2. The van der Waals surface area contributed by atoms with Gasteiger partial charge in [-0.1, -0.05) is 19.9 Å². The number of likely N-dealkylation sites (N-methyl/N-ethyl adjacent to an activating group) is 1. The molecule has 1 amide bonds. The first kappa shape index (κ1) is 31.1. The number of hydrogen-bond acceptors (Lipinski definition) is 8. The van der Waals surface area contributed by atoms with E-state index in [1.54, 1.807) is 42.5 Å². The van der Waals surface area contributed by atoms with Gasteiger partial charge in [-0.25, -0.2) is 4.39 Å². The van der Waals surface area contributed by atoms with E-state index in [9.17, 15) is 22.4 Å². The maximum atomic E-state index is 14.9. The molecule has 4 N–H and O–H groups in total. The fourth-order valence-electron chi connectivity index (χ4n) is 4.27. The monoisotopic (exact) mass is 592 g/mol. The highest BCUT2D eigenvalue weighted by Gasteiger charge is 2.32. The van der Waals surface area contributed by atoms with Crippen LogP contribution in [0.25, 0.3) is 0 Å². The van der Waals surface area contributed by atoms with Crippen LogP contribution in [0, 0.1) is 11.2 Å². The summed E-state index contributed by atoms with van der Waals surface area (Å²) in [6, 6.07) is 11.0. The maximum Gasteiger partial charge on any atom is 0.422 e. The van der Waals surface area contributed by atoms with E-state index in [0.717, 1.165) is 0 Å². The molecule has 0 aliphatic carbocycles. The molecule has 0 radical (unpaired) electrons. The van der Waals surface area contributed by atoms with Crippen molar-refractivity contribution in [3.63, 3.8) is 0 Å². The fraction of sp³-hybridized carbons (Fsp3) is 0.448. The van der Waals surface area contributed by atoms with Crippen LogP contribution in [0.5, 0.6) is 5.75 Å². The molecule has 9 nitrogen and oxygen atoms in total. The molecule has 0 fully saturated rings. The van der Waals surface area contributed by atoms with Gasteiger partial charge in [0.15, 0.2) is 6.61 Å². The zero-order chi connectivity index (χ0) is 30.3. The number of anilines is 1. The lowest BCUT2D eigenvalue weighted by molar-refractivity contribution is -0.158. The Hall–Kier alpha value is -3.84. The maximum absolute atomic E-state index is 14.9. The van der Waals surface area contributed by atoms with E-state index in [-0.39, 0.29) is 29.7 Å². The van der Waals surface area contributed by atoms with Gasteiger partial charge in [-0.3, -0.25) is 10.1 Å². The molecule has 13 heteroatoms. The fourth-order valence-corrected chi connectivity index (χ4v) is 4.27. The van der Waals surface area contributed by atoms with Crippen molar-refractivity contribution in [2.45, 2.75) is 39.2 Å². The van der Waals surface area contributed by atoms with Gasteiger partial charge in [-0.2, -0.15) is 18.2 Å². The zero-order valence-electron chi connectivity index (χ0n) is 23.8. The van der Waals surface area contributed by atoms with Crippen molar-refractivity contribution < 1.29 is 31.8 Å². The van der Waals surface area contributed by atoms with Gasteiger partial charge in [0.2, 0.25) is 0 Å². The Morgan fingerprint density at radius 2 is 1.90 bits per heavy atom. The quantitative estimate of drug-likeness (QED) is 0.369. The van der Waals surface area contributed by atoms with E-state index < -0.39 is 24.8 Å². The molecule has 2 aromatic rings. The van der Waals surface area contributed by atoms with E-state index in [1.165, 1.54) is 18.0 Å². The number of rotatable bonds is 1. The number of ether oxygens (including phenoxy) is 2. The van der Waals surface area contributed by atoms with Gasteiger partial charge in [0, 0.05) is 49.6 Å². The Kier molecular flexibility index (Phi) is 9.94. The van der Waals surface area contributed by atoms with Gasteiger partial charge >= 0.3 is 6.18 Å². The molecule has 0 aromatic heterocycles. The summed E-state index contributed by atoms with van der Waals surface area (Å²) >= 11 is 0. The molecule has 1 atom stereocenters. The summed E-state index contributed by atoms with van der Waals surface area (Å²) < 4.78 is 64.3. The lowest BCUT2D eigenvalue weighted by atomic mass is 9.93. The Labute approximate surface area is 242 Å². The van der Waals surface area contributed by atoms with Crippen LogP contribution in [0.3, 0.4) is 0 Å². The molecule has 7 rings (SSSR count). The Balaban J connectivity index is 1.58. The van der Waals surface area contributed by atoms with Crippen LogP contribution in [0.15, 0.2) is 59.4 Å². The molecule has 5 aliphatic rings. The Morgan fingerprint density at radius 1 is 1.14 bits per heavy atom. The first-order valence-electron chi connectivity index (χ1n) is 13.6. The van der Waals surface area contributed by atoms with Crippen LogP contribution in [0.1, 0.15) is 36.2 Å². The second kappa shape index (κ2) is 13.4. The van der Waals surface area contributed by atoms with Crippen LogP contribution in [-0.2, 0) is 11.3 Å². The smallest absolute Gasteiger partial charge is 0.422 e. The number of halogens is 4. The standard InChI is InChI=1S/C29H36F4N6O3/c1-28(2)16-34-11-4-12-41-22-10-7-20(23(30)13-22)15-35-25-14-24(38-27(39(25)3)42-18-29(31,32)33)37-21-8-5-19(6-9-21)26(40)36-17-28/h5-10,13-14,25,34-35,37H,4,11-12,15-18H2,1-3H3,(H,36,40). The summed E-state index contributed by atoms with van der Waals surface area (Å²) in [7, 11) is 1.52. The van der Waals surface area contributed by atoms with Crippen molar-refractivity contribution in [1.29, 1.82) is 0 Å². The minimum atomic E-state index is -4.56. The summed E-state index contributed by atoms with van der Waals surface area (Å²) in [6.45, 7) is 4.84. The van der Waals surface area contributed by atoms with Crippen molar-refractivity contribution >= 4 is 17.6 Å². The van der Waals surface area contributed by atoms with E-state index in [0.29, 0.717) is 55.2 Å². The second-order valence-corrected chi connectivity index (χ2v) is 11.0. The number of hydrogen-bond donors (Lipinski definition) is 4. The number of nitrogens with zero attached hydrogens (tertiary/aromatic N) is 2. The number of benzene rings is 2. The number of amides is 1. The van der Waals surface area contributed by atoms with Crippen LogP contribution < -0.4 is 26.0 Å². The molecule has 42 heavy (non-hydrogen) atoms. The molecular formula is C29H36F4N6O3. The molecular weight excluding hydrogens is 556 g/mol. The molecule has 6 bridgehead atoms. The summed E-state index contributed by atoms with van der Waals surface area (Å²) in [5, 5.41) is 12.5. The largest absolute Gasteiger partial charge is 0.493 e. The lowest BCUT2D eigenvalue weighted by Crippen LogP contribution is -2.49. The zero-order valence-corrected chi connectivity index (χ0v) is 23.8. The van der Waals surface area contributed by atoms with Crippen LogP contribution in [0.2, 0.25) is 0 Å². The third-order valence-corrected chi connectivity index (χ3v) is 6.66. The van der Waals surface area contributed by atoms with Crippen LogP contribution in [-0.4, -0.2) is 69.1 Å². The highest BCUT2D eigenvalue weighted by molar-refractivity contribution is 5.94. The number of nitrogens with one attached hydrogen (secondary N) is 4. The number of amidine groups is 1. The number of carbonyl (C=O) groups excluding carboxylic acids is 1. The topological polar surface area (TPSA) is 99.2 Å². The first-order chi connectivity index (χ1) is 19.9. The summed E-state index contributed by atoms with van der Waals surface area (Å²) in [4.78, 5) is 18.3. The van der Waals surface area contributed by atoms with E-state index in [2.05, 4.69) is 26.3 Å². The highest BCUT2D eigenvalue weighted by Crippen LogP contribution is 2.22. The van der Waals surface area contributed by atoms with Crippen molar-refractivity contribution in [3.8, 4) is 5.75 Å². The van der Waals surface area contributed by atoms with Gasteiger partial charge < -0.3 is 30.3 Å². The average Bonchev–Trinajstić information content (AvgIpc) is 2.93. The van der Waals surface area contributed by atoms with Crippen molar-refractivity contribution in [1.82, 2.24) is 20.9 Å². The van der Waals surface area contributed by atoms with Crippen molar-refractivity contribution in [2.75, 3.05) is 45.2 Å². The first-order valence-corrected chi connectivity index (χ1v) is 13.6. The summed E-state index contributed by atoms with van der Waals surface area (Å²) in [5.74, 6) is -0.0815. The molecule has 2 aromatic carbocycles. The van der Waals surface area contributed by atoms with Gasteiger partial charge in [-0.15, -0.1) is 0 Å². The molecule has 0 saturated carbocycles. The van der Waals surface area contributed by atoms with Gasteiger partial charge in [0.1, 0.15) is 23.6 Å². The molecule has 1 unspecified atom stereocenters. The lowest BCUT2D eigenvalue weighted by Gasteiger charge is -2.32. The Bertz CT molecular complexity index is 1300. The predicted molar refractivity (Wildman–Crippen MR) is 151 cm³/mol. The molecule has 5 heterocycles. The van der Waals surface area contributed by atoms with Gasteiger partial charge in [0.25, 0.3) is 11.9 Å².